The molecule has 1 aliphatic carbocycles. The van der Waals surface area contributed by atoms with Gasteiger partial charge in [0.15, 0.2) is 5.82 Å². The predicted molar refractivity (Wildman–Crippen MR) is 86.0 cm³/mol. The molecule has 0 saturated carbocycles. The normalized spacial score (nSPS) is 18.5. The second-order valence-corrected chi connectivity index (χ2v) is 6.01. The van der Waals surface area contributed by atoms with Crippen LogP contribution in [0.25, 0.3) is 0 Å². The smallest absolute Gasteiger partial charge is 0.242 e. The minimum atomic E-state index is -0.326. The van der Waals surface area contributed by atoms with Crippen molar-refractivity contribution in [2.45, 2.75) is 58.7 Å². The van der Waals surface area contributed by atoms with Crippen molar-refractivity contribution >= 4 is 11.7 Å². The number of carbonyl (C=O) groups excluding carboxylic acids is 1. The number of aryl methyl sites for hydroxylation is 2. The minimum absolute atomic E-state index is 0.117. The summed E-state index contributed by atoms with van der Waals surface area (Å²) in [6.07, 6.45) is 5.11. The molecule has 2 atom stereocenters. The molecule has 2 aromatic rings. The van der Waals surface area contributed by atoms with Crippen LogP contribution in [0.5, 0.6) is 0 Å². The monoisotopic (exact) mass is 317 g/mol. The maximum atomic E-state index is 12.3. The number of carbonyl (C=O) groups is 1. The van der Waals surface area contributed by atoms with Gasteiger partial charge >= 0.3 is 0 Å². The van der Waals surface area contributed by atoms with E-state index in [2.05, 4.69) is 27.8 Å². The summed E-state index contributed by atoms with van der Waals surface area (Å²) in [4.78, 5) is 12.3. The Balaban J connectivity index is 1.65. The molecule has 0 unspecified atom stereocenters. The van der Waals surface area contributed by atoms with Gasteiger partial charge in [-0.2, -0.15) is 5.10 Å². The maximum Gasteiger partial charge on any atom is 0.242 e. The van der Waals surface area contributed by atoms with E-state index in [1.54, 1.807) is 13.0 Å². The van der Waals surface area contributed by atoms with E-state index in [0.717, 1.165) is 25.8 Å². The Kier molecular flexibility index (Phi) is 4.47. The van der Waals surface area contributed by atoms with Gasteiger partial charge in [-0.15, -0.1) is 0 Å². The molecule has 23 heavy (non-hydrogen) atoms. The van der Waals surface area contributed by atoms with Crippen molar-refractivity contribution in [2.75, 3.05) is 5.32 Å². The number of nitrogens with one attached hydrogen (secondary N) is 2. The lowest BCUT2D eigenvalue weighted by Crippen LogP contribution is -2.41. The fourth-order valence-electron chi connectivity index (χ4n) is 3.10. The molecule has 124 valence electrons. The van der Waals surface area contributed by atoms with Crippen molar-refractivity contribution in [2.24, 2.45) is 0 Å². The first-order valence-electron chi connectivity index (χ1n) is 8.13. The lowest BCUT2D eigenvalue weighted by molar-refractivity contribution is -0.118. The van der Waals surface area contributed by atoms with Gasteiger partial charge < -0.3 is 9.84 Å². The molecule has 0 radical (unpaired) electrons. The summed E-state index contributed by atoms with van der Waals surface area (Å²) in [5.74, 6) is 1.00. The molecule has 0 spiro atoms. The van der Waals surface area contributed by atoms with Gasteiger partial charge in [-0.05, 0) is 40.0 Å². The summed E-state index contributed by atoms with van der Waals surface area (Å²) >= 11 is 0. The first-order chi connectivity index (χ1) is 11.1. The third-order valence-corrected chi connectivity index (χ3v) is 4.29. The lowest BCUT2D eigenvalue weighted by Gasteiger charge is -2.26. The number of rotatable bonds is 5. The SMILES string of the molecule is CCn1ncc2c1CCC[C@@H]2N[C@@H](C)C(=O)Nc1cc(C)on1. The molecule has 7 nitrogen and oxygen atoms in total. The number of aromatic nitrogens is 3. The highest BCUT2D eigenvalue weighted by Crippen LogP contribution is 2.30. The summed E-state index contributed by atoms with van der Waals surface area (Å²) in [5, 5.41) is 14.4. The maximum absolute atomic E-state index is 12.3. The Morgan fingerprint density at radius 1 is 1.57 bits per heavy atom. The molecule has 2 N–H and O–H groups in total. The fraction of sp³-hybridized carbons (Fsp3) is 0.562. The summed E-state index contributed by atoms with van der Waals surface area (Å²) in [6, 6.07) is 1.54. The molecule has 0 bridgehead atoms. The second-order valence-electron chi connectivity index (χ2n) is 6.01. The molecule has 2 heterocycles. The molecule has 0 saturated heterocycles. The van der Waals surface area contributed by atoms with Crippen LogP contribution in [0.15, 0.2) is 16.8 Å². The molecule has 1 aliphatic rings. The Morgan fingerprint density at radius 2 is 2.39 bits per heavy atom. The van der Waals surface area contributed by atoms with Crippen LogP contribution in [-0.2, 0) is 17.8 Å². The van der Waals surface area contributed by atoms with Crippen molar-refractivity contribution in [1.29, 1.82) is 0 Å². The van der Waals surface area contributed by atoms with E-state index in [1.165, 1.54) is 11.3 Å². The van der Waals surface area contributed by atoms with Crippen molar-refractivity contribution < 1.29 is 9.32 Å². The highest BCUT2D eigenvalue weighted by molar-refractivity contribution is 5.93. The zero-order chi connectivity index (χ0) is 16.4. The fourth-order valence-corrected chi connectivity index (χ4v) is 3.10. The number of hydrogen-bond acceptors (Lipinski definition) is 5. The van der Waals surface area contributed by atoms with Crippen molar-refractivity contribution in [3.63, 3.8) is 0 Å². The van der Waals surface area contributed by atoms with Crippen molar-refractivity contribution in [3.8, 4) is 0 Å². The topological polar surface area (TPSA) is 85.0 Å². The summed E-state index contributed by atoms with van der Waals surface area (Å²) in [7, 11) is 0. The van der Waals surface area contributed by atoms with Gasteiger partial charge in [-0.25, -0.2) is 0 Å². The van der Waals surface area contributed by atoms with Crippen LogP contribution in [0.4, 0.5) is 5.82 Å². The van der Waals surface area contributed by atoms with Gasteiger partial charge in [-0.1, -0.05) is 5.16 Å². The van der Waals surface area contributed by atoms with Crippen molar-refractivity contribution in [1.82, 2.24) is 20.3 Å². The third kappa shape index (κ3) is 3.29. The molecular weight excluding hydrogens is 294 g/mol. The summed E-state index contributed by atoms with van der Waals surface area (Å²) in [6.45, 7) is 6.63. The van der Waals surface area contributed by atoms with Crippen LogP contribution in [0, 0.1) is 6.92 Å². The highest BCUT2D eigenvalue weighted by atomic mass is 16.5. The quantitative estimate of drug-likeness (QED) is 0.883. The number of amides is 1. The number of anilines is 1. The lowest BCUT2D eigenvalue weighted by atomic mass is 9.92. The molecule has 7 heteroatoms. The summed E-state index contributed by atoms with van der Waals surface area (Å²) < 4.78 is 7.01. The van der Waals surface area contributed by atoms with Crippen LogP contribution in [0.2, 0.25) is 0 Å². The van der Waals surface area contributed by atoms with Crippen LogP contribution in [0.1, 0.15) is 49.7 Å². The first-order valence-corrected chi connectivity index (χ1v) is 8.13. The first kappa shape index (κ1) is 15.7. The Bertz CT molecular complexity index is 690. The Morgan fingerprint density at radius 3 is 3.09 bits per heavy atom. The van der Waals surface area contributed by atoms with E-state index in [4.69, 9.17) is 4.52 Å². The average molecular weight is 317 g/mol. The van der Waals surface area contributed by atoms with Crippen LogP contribution in [0.3, 0.4) is 0 Å². The number of hydrogen-bond donors (Lipinski definition) is 2. The van der Waals surface area contributed by atoms with Gasteiger partial charge in [0.2, 0.25) is 5.91 Å². The predicted octanol–water partition coefficient (Wildman–Crippen LogP) is 2.19. The van der Waals surface area contributed by atoms with E-state index in [-0.39, 0.29) is 18.0 Å². The van der Waals surface area contributed by atoms with Crippen molar-refractivity contribution in [3.05, 3.63) is 29.3 Å². The average Bonchev–Trinajstić information content (AvgIpc) is 3.13. The van der Waals surface area contributed by atoms with Gasteiger partial charge in [0.25, 0.3) is 0 Å². The van der Waals surface area contributed by atoms with Crippen LogP contribution >= 0.6 is 0 Å². The number of fused-ring (bicyclic) bond motifs is 1. The van der Waals surface area contributed by atoms with E-state index in [0.29, 0.717) is 11.6 Å². The minimum Gasteiger partial charge on any atom is -0.360 e. The second kappa shape index (κ2) is 6.54. The van der Waals surface area contributed by atoms with E-state index in [9.17, 15) is 4.79 Å². The number of nitrogens with zero attached hydrogens (tertiary/aromatic N) is 3. The Hall–Kier alpha value is -2.15. The van der Waals surface area contributed by atoms with Gasteiger partial charge in [0.1, 0.15) is 5.76 Å². The highest BCUT2D eigenvalue weighted by Gasteiger charge is 2.26. The zero-order valence-electron chi connectivity index (χ0n) is 13.8. The standard InChI is InChI=1S/C16H23N5O2/c1-4-21-14-7-5-6-13(12(14)9-17-21)18-11(3)16(22)19-15-8-10(2)23-20-15/h8-9,11,13,18H,4-7H2,1-3H3,(H,19,20,22)/t11-,13-/m0/s1. The molecule has 3 rings (SSSR count). The van der Waals surface area contributed by atoms with Gasteiger partial charge in [0, 0.05) is 29.9 Å². The van der Waals surface area contributed by atoms with Gasteiger partial charge in [-0.3, -0.25) is 14.8 Å². The molecule has 0 aliphatic heterocycles. The molecule has 1 amide bonds. The van der Waals surface area contributed by atoms with Gasteiger partial charge in [0.05, 0.1) is 12.2 Å². The Labute approximate surface area is 135 Å². The molecular formula is C16H23N5O2. The van der Waals surface area contributed by atoms with Crippen LogP contribution < -0.4 is 10.6 Å². The van der Waals surface area contributed by atoms with E-state index < -0.39 is 0 Å². The zero-order valence-corrected chi connectivity index (χ0v) is 13.8. The molecule has 2 aromatic heterocycles. The van der Waals surface area contributed by atoms with E-state index >= 15 is 0 Å². The van der Waals surface area contributed by atoms with E-state index in [1.807, 2.05) is 17.8 Å². The third-order valence-electron chi connectivity index (χ3n) is 4.29. The largest absolute Gasteiger partial charge is 0.360 e. The molecule has 0 aromatic carbocycles. The van der Waals surface area contributed by atoms with Crippen LogP contribution in [-0.4, -0.2) is 26.9 Å². The molecule has 0 fully saturated rings. The summed E-state index contributed by atoms with van der Waals surface area (Å²) in [5.41, 5.74) is 2.51.